The van der Waals surface area contributed by atoms with Crippen LogP contribution in [0.15, 0.2) is 54.6 Å². The number of amides is 2. The van der Waals surface area contributed by atoms with E-state index in [2.05, 4.69) is 22.5 Å². The molecule has 0 saturated carbocycles. The van der Waals surface area contributed by atoms with Gasteiger partial charge in [0.1, 0.15) is 17.3 Å². The number of piperidine rings is 1. The summed E-state index contributed by atoms with van der Waals surface area (Å²) in [6.07, 6.45) is 7.50. The first-order valence-corrected chi connectivity index (χ1v) is 12.2. The molecule has 1 saturated heterocycles. The second-order valence-corrected chi connectivity index (χ2v) is 9.60. The number of aromatic amines is 1. The van der Waals surface area contributed by atoms with Gasteiger partial charge in [0.2, 0.25) is 0 Å². The summed E-state index contributed by atoms with van der Waals surface area (Å²) in [5.74, 6) is 0.0871. The molecular formula is C28H30FN3O3. The molecule has 1 aromatic heterocycles. The molecule has 182 valence electrons. The van der Waals surface area contributed by atoms with Crippen LogP contribution in [0.2, 0.25) is 0 Å². The second-order valence-electron chi connectivity index (χ2n) is 9.60. The average Bonchev–Trinajstić information content (AvgIpc) is 3.20. The van der Waals surface area contributed by atoms with Crippen molar-refractivity contribution in [2.24, 2.45) is 5.41 Å². The third kappa shape index (κ3) is 4.67. The third-order valence-electron chi connectivity index (χ3n) is 7.36. The van der Waals surface area contributed by atoms with E-state index in [1.165, 1.54) is 12.1 Å². The van der Waals surface area contributed by atoms with E-state index >= 15 is 0 Å². The highest BCUT2D eigenvalue weighted by Gasteiger charge is 2.36. The Morgan fingerprint density at radius 1 is 1.11 bits per heavy atom. The van der Waals surface area contributed by atoms with Crippen molar-refractivity contribution in [1.29, 1.82) is 0 Å². The highest BCUT2D eigenvalue weighted by atomic mass is 19.1. The third-order valence-corrected chi connectivity index (χ3v) is 7.36. The maximum absolute atomic E-state index is 13.7. The van der Waals surface area contributed by atoms with Crippen LogP contribution < -0.4 is 10.1 Å². The van der Waals surface area contributed by atoms with E-state index in [-0.39, 0.29) is 23.0 Å². The van der Waals surface area contributed by atoms with Gasteiger partial charge in [-0.15, -0.1) is 0 Å². The van der Waals surface area contributed by atoms with Crippen molar-refractivity contribution < 1.29 is 18.7 Å². The van der Waals surface area contributed by atoms with E-state index in [4.69, 9.17) is 4.74 Å². The molecule has 35 heavy (non-hydrogen) atoms. The van der Waals surface area contributed by atoms with Gasteiger partial charge in [-0.05, 0) is 73.9 Å². The Morgan fingerprint density at radius 3 is 2.74 bits per heavy atom. The predicted molar refractivity (Wildman–Crippen MR) is 133 cm³/mol. The molecule has 5 rings (SSSR count). The number of ether oxygens (including phenoxy) is 1. The normalized spacial score (nSPS) is 19.3. The van der Waals surface area contributed by atoms with Crippen molar-refractivity contribution >= 4 is 22.7 Å². The van der Waals surface area contributed by atoms with E-state index in [1.807, 2.05) is 30.0 Å². The highest BCUT2D eigenvalue weighted by molar-refractivity contribution is 6.01. The summed E-state index contributed by atoms with van der Waals surface area (Å²) in [5, 5.41) is 3.86. The Kier molecular flexibility index (Phi) is 6.32. The fourth-order valence-electron chi connectivity index (χ4n) is 5.14. The van der Waals surface area contributed by atoms with Gasteiger partial charge in [0, 0.05) is 30.5 Å². The van der Waals surface area contributed by atoms with Crippen LogP contribution in [0.5, 0.6) is 5.75 Å². The van der Waals surface area contributed by atoms with Crippen LogP contribution in [-0.4, -0.2) is 47.9 Å². The largest absolute Gasteiger partial charge is 0.492 e. The van der Waals surface area contributed by atoms with Gasteiger partial charge in [0.25, 0.3) is 11.8 Å². The number of aromatic nitrogens is 1. The number of hydrogen-bond acceptors (Lipinski definition) is 3. The van der Waals surface area contributed by atoms with Gasteiger partial charge in [0.15, 0.2) is 0 Å². The van der Waals surface area contributed by atoms with Gasteiger partial charge in [-0.3, -0.25) is 9.59 Å². The number of nitrogens with one attached hydrogen (secondary N) is 2. The van der Waals surface area contributed by atoms with Crippen LogP contribution in [0.1, 0.15) is 52.1 Å². The lowest BCUT2D eigenvalue weighted by Gasteiger charge is -2.41. The quantitative estimate of drug-likeness (QED) is 0.487. The number of H-pyrrole nitrogens is 1. The summed E-state index contributed by atoms with van der Waals surface area (Å²) >= 11 is 0. The summed E-state index contributed by atoms with van der Waals surface area (Å²) in [7, 11) is 0. The Labute approximate surface area is 204 Å². The Hall–Kier alpha value is -3.61. The minimum Gasteiger partial charge on any atom is -0.492 e. The van der Waals surface area contributed by atoms with Crippen molar-refractivity contribution in [3.05, 3.63) is 77.3 Å². The molecule has 0 radical (unpaired) electrons. The molecule has 6 nitrogen and oxygen atoms in total. The summed E-state index contributed by atoms with van der Waals surface area (Å²) in [6, 6.07) is 11.8. The van der Waals surface area contributed by atoms with Crippen LogP contribution in [0, 0.1) is 18.2 Å². The molecule has 0 aliphatic carbocycles. The zero-order chi connectivity index (χ0) is 24.4. The molecule has 2 aliphatic rings. The molecule has 2 N–H and O–H groups in total. The van der Waals surface area contributed by atoms with Crippen LogP contribution in [0.25, 0.3) is 10.9 Å². The van der Waals surface area contributed by atoms with Crippen molar-refractivity contribution in [2.75, 3.05) is 26.2 Å². The van der Waals surface area contributed by atoms with Crippen LogP contribution in [0.4, 0.5) is 4.39 Å². The molecule has 2 aliphatic heterocycles. The number of halogens is 1. The molecule has 0 bridgehead atoms. The number of nitrogens with zero attached hydrogens (tertiary/aromatic N) is 1. The lowest BCUT2D eigenvalue weighted by molar-refractivity contribution is 0.0561. The Balaban J connectivity index is 1.31. The monoisotopic (exact) mass is 475 g/mol. The molecule has 2 aromatic carbocycles. The van der Waals surface area contributed by atoms with Gasteiger partial charge in [-0.25, -0.2) is 4.39 Å². The van der Waals surface area contributed by atoms with Crippen molar-refractivity contribution in [3.63, 3.8) is 0 Å². The van der Waals surface area contributed by atoms with E-state index in [9.17, 15) is 14.0 Å². The minimum atomic E-state index is -0.315. The molecule has 1 spiro atoms. The molecule has 7 heteroatoms. The van der Waals surface area contributed by atoms with Gasteiger partial charge in [0.05, 0.1) is 12.2 Å². The lowest BCUT2D eigenvalue weighted by Crippen LogP contribution is -2.48. The van der Waals surface area contributed by atoms with E-state index in [0.29, 0.717) is 43.2 Å². The fraction of sp³-hybridized carbons (Fsp3) is 0.357. The maximum Gasteiger partial charge on any atom is 0.270 e. The van der Waals surface area contributed by atoms with E-state index < -0.39 is 0 Å². The van der Waals surface area contributed by atoms with Crippen LogP contribution in [-0.2, 0) is 0 Å². The van der Waals surface area contributed by atoms with E-state index in [1.54, 1.807) is 12.1 Å². The number of benzene rings is 2. The van der Waals surface area contributed by atoms with Crippen molar-refractivity contribution in [1.82, 2.24) is 15.2 Å². The standard InChI is InChI=1S/C28H30FN3O3/c1-19-22-17-20(29)9-10-23(22)31-25(19)27(34)32-14-12-28(13-15-32)11-5-2-6-16-35-24-8-4-3-7-21(24)26(33)30-18-28/h2-5,7-10,17,31H,6,11-16,18H2,1H3,(H,30,33)/b5-2+. The lowest BCUT2D eigenvalue weighted by atomic mass is 9.75. The maximum atomic E-state index is 13.7. The molecule has 3 aromatic rings. The summed E-state index contributed by atoms with van der Waals surface area (Å²) in [4.78, 5) is 31.3. The highest BCUT2D eigenvalue weighted by Crippen LogP contribution is 2.36. The van der Waals surface area contributed by atoms with Gasteiger partial charge in [-0.2, -0.15) is 0 Å². The first-order chi connectivity index (χ1) is 17.0. The van der Waals surface area contributed by atoms with Crippen LogP contribution >= 0.6 is 0 Å². The molecule has 0 atom stereocenters. The fourth-order valence-corrected chi connectivity index (χ4v) is 5.14. The number of likely N-dealkylation sites (tertiary alicyclic amines) is 1. The topological polar surface area (TPSA) is 74.4 Å². The number of fused-ring (bicyclic) bond motifs is 2. The predicted octanol–water partition coefficient (Wildman–Crippen LogP) is 5.00. The van der Waals surface area contributed by atoms with Gasteiger partial charge in [-0.1, -0.05) is 24.3 Å². The van der Waals surface area contributed by atoms with Gasteiger partial charge < -0.3 is 19.9 Å². The van der Waals surface area contributed by atoms with Crippen molar-refractivity contribution in [2.45, 2.75) is 32.6 Å². The zero-order valence-corrected chi connectivity index (χ0v) is 19.9. The number of para-hydroxylation sites is 1. The van der Waals surface area contributed by atoms with Crippen LogP contribution in [0.3, 0.4) is 0 Å². The zero-order valence-electron chi connectivity index (χ0n) is 19.9. The molecule has 1 fully saturated rings. The summed E-state index contributed by atoms with van der Waals surface area (Å²) in [6.45, 7) is 4.11. The molecule has 0 unspecified atom stereocenters. The average molecular weight is 476 g/mol. The molecule has 2 amide bonds. The number of hydrogen-bond donors (Lipinski definition) is 2. The second kappa shape index (κ2) is 9.56. The Morgan fingerprint density at radius 2 is 1.91 bits per heavy atom. The van der Waals surface area contributed by atoms with Crippen molar-refractivity contribution in [3.8, 4) is 5.75 Å². The summed E-state index contributed by atoms with van der Waals surface area (Å²) in [5.41, 5.74) is 2.48. The number of rotatable bonds is 1. The Bertz CT molecular complexity index is 1290. The number of allylic oxidation sites excluding steroid dienone is 1. The SMILES string of the molecule is Cc1c(C(=O)N2CCC3(C/C=C/CCOc4ccccc4C(=O)NC3)CC2)[nH]c2ccc(F)cc12. The molecule has 3 heterocycles. The minimum absolute atomic E-state index is 0.0623. The first kappa shape index (κ1) is 23.1. The smallest absolute Gasteiger partial charge is 0.270 e. The van der Waals surface area contributed by atoms with E-state index in [0.717, 1.165) is 42.1 Å². The molecular weight excluding hydrogens is 445 g/mol. The summed E-state index contributed by atoms with van der Waals surface area (Å²) < 4.78 is 19.5. The van der Waals surface area contributed by atoms with Gasteiger partial charge >= 0.3 is 0 Å². The number of carbonyl (C=O) groups excluding carboxylic acids is 2. The first-order valence-electron chi connectivity index (χ1n) is 12.2. The number of aryl methyl sites for hydroxylation is 1. The number of carbonyl (C=O) groups is 2.